The molecule has 0 saturated heterocycles. The molecule has 1 amide bonds. The van der Waals surface area contributed by atoms with E-state index in [4.69, 9.17) is 9.88 Å². The average molecular weight is 352 g/mol. The number of hydrogen-bond acceptors (Lipinski definition) is 5. The molecule has 0 unspecified atom stereocenters. The second-order valence-electron chi connectivity index (χ2n) is 5.76. The van der Waals surface area contributed by atoms with Crippen LogP contribution in [0.2, 0.25) is 0 Å². The van der Waals surface area contributed by atoms with Crippen LogP contribution >= 0.6 is 0 Å². The first-order chi connectivity index (χ1) is 11.3. The third kappa shape index (κ3) is 4.37. The Morgan fingerprint density at radius 2 is 2.17 bits per heavy atom. The first-order valence-corrected chi connectivity index (χ1v) is 9.11. The lowest BCUT2D eigenvalue weighted by Gasteiger charge is -2.17. The highest BCUT2D eigenvalue weighted by atomic mass is 32.2. The lowest BCUT2D eigenvalue weighted by molar-refractivity contribution is -0.127. The fourth-order valence-electron chi connectivity index (χ4n) is 2.23. The van der Waals surface area contributed by atoms with Crippen LogP contribution in [0.4, 0.5) is 5.69 Å². The molecule has 1 aliphatic carbocycles. The second-order valence-corrected chi connectivity index (χ2v) is 7.06. The van der Waals surface area contributed by atoms with Crippen molar-refractivity contribution in [2.45, 2.75) is 26.2 Å². The van der Waals surface area contributed by atoms with Gasteiger partial charge in [0.15, 0.2) is 0 Å². The molecule has 0 spiro atoms. The van der Waals surface area contributed by atoms with E-state index in [0.29, 0.717) is 6.54 Å². The maximum Gasteiger partial charge on any atom is 0.296 e. The highest BCUT2D eigenvalue weighted by molar-refractivity contribution is 7.90. The number of nitrogens with zero attached hydrogens (tertiary/aromatic N) is 1. The molecule has 0 aliphatic heterocycles. The Balaban J connectivity index is 2.12. The van der Waals surface area contributed by atoms with Crippen LogP contribution in [0.1, 0.15) is 31.7 Å². The van der Waals surface area contributed by atoms with Crippen LogP contribution in [0.3, 0.4) is 0 Å². The zero-order chi connectivity index (χ0) is 17.8. The quantitative estimate of drug-likeness (QED) is 0.638. The van der Waals surface area contributed by atoms with E-state index >= 15 is 0 Å². The SMILES string of the molecule is CCCNC(=O)C1(COc2cccc(NS(N)(=O)=O)c2C#N)CC1. The fraction of sp³-hybridized carbons (Fsp3) is 0.467. The van der Waals surface area contributed by atoms with Gasteiger partial charge in [0, 0.05) is 6.54 Å². The predicted molar refractivity (Wildman–Crippen MR) is 88.3 cm³/mol. The van der Waals surface area contributed by atoms with E-state index in [1.807, 2.05) is 13.0 Å². The first-order valence-electron chi connectivity index (χ1n) is 7.56. The Hall–Kier alpha value is -2.31. The average Bonchev–Trinajstić information content (AvgIpc) is 3.30. The van der Waals surface area contributed by atoms with Gasteiger partial charge < -0.3 is 10.1 Å². The molecule has 4 N–H and O–H groups in total. The second kappa shape index (κ2) is 7.07. The summed E-state index contributed by atoms with van der Waals surface area (Å²) >= 11 is 0. The number of carbonyl (C=O) groups excluding carboxylic acids is 1. The van der Waals surface area contributed by atoms with Gasteiger partial charge in [0.25, 0.3) is 10.2 Å². The number of carbonyl (C=O) groups is 1. The number of amides is 1. The molecule has 1 saturated carbocycles. The topological polar surface area (TPSA) is 134 Å². The van der Waals surface area contributed by atoms with Crippen molar-refractivity contribution >= 4 is 21.8 Å². The van der Waals surface area contributed by atoms with Gasteiger partial charge in [-0.2, -0.15) is 13.7 Å². The molecule has 2 rings (SSSR count). The summed E-state index contributed by atoms with van der Waals surface area (Å²) in [6, 6.07) is 6.40. The van der Waals surface area contributed by atoms with Crippen molar-refractivity contribution in [3.8, 4) is 11.8 Å². The van der Waals surface area contributed by atoms with Crippen molar-refractivity contribution in [3.63, 3.8) is 0 Å². The standard InChI is InChI=1S/C15H20N4O4S/c1-2-8-18-14(20)15(6-7-15)10-23-13-5-3-4-12(11(13)9-16)19-24(17,21)22/h3-5,19H,2,6-8,10H2,1H3,(H,18,20)(H2,17,21,22). The molecule has 0 heterocycles. The minimum Gasteiger partial charge on any atom is -0.491 e. The van der Waals surface area contributed by atoms with Gasteiger partial charge >= 0.3 is 0 Å². The molecule has 0 bridgehead atoms. The van der Waals surface area contributed by atoms with Crippen molar-refractivity contribution in [1.82, 2.24) is 5.32 Å². The van der Waals surface area contributed by atoms with Gasteiger partial charge in [-0.3, -0.25) is 9.52 Å². The van der Waals surface area contributed by atoms with Crippen molar-refractivity contribution < 1.29 is 17.9 Å². The summed E-state index contributed by atoms with van der Waals surface area (Å²) in [5.41, 5.74) is -0.500. The number of benzene rings is 1. The van der Waals surface area contributed by atoms with Crippen molar-refractivity contribution in [1.29, 1.82) is 5.26 Å². The monoisotopic (exact) mass is 352 g/mol. The molecular weight excluding hydrogens is 332 g/mol. The summed E-state index contributed by atoms with van der Waals surface area (Å²) < 4.78 is 30.0. The largest absolute Gasteiger partial charge is 0.491 e. The van der Waals surface area contributed by atoms with E-state index in [-0.39, 0.29) is 29.5 Å². The maximum atomic E-state index is 12.2. The van der Waals surface area contributed by atoms with Gasteiger partial charge in [-0.25, -0.2) is 5.14 Å². The third-order valence-corrected chi connectivity index (χ3v) is 4.27. The predicted octanol–water partition coefficient (Wildman–Crippen LogP) is 0.859. The normalized spacial score (nSPS) is 15.2. The van der Waals surface area contributed by atoms with E-state index in [1.54, 1.807) is 12.1 Å². The van der Waals surface area contributed by atoms with E-state index in [2.05, 4.69) is 10.0 Å². The maximum absolute atomic E-state index is 12.2. The highest BCUT2D eigenvalue weighted by Crippen LogP contribution is 2.46. The fourth-order valence-corrected chi connectivity index (χ4v) is 2.71. The van der Waals surface area contributed by atoms with Gasteiger partial charge in [-0.05, 0) is 31.4 Å². The third-order valence-electron chi connectivity index (χ3n) is 3.76. The number of hydrogen-bond donors (Lipinski definition) is 3. The minimum absolute atomic E-state index is 0.0243. The number of ether oxygens (including phenoxy) is 1. The summed E-state index contributed by atoms with van der Waals surface area (Å²) in [5, 5.41) is 17.1. The number of nitriles is 1. The first kappa shape index (κ1) is 18.0. The van der Waals surface area contributed by atoms with Gasteiger partial charge in [0.05, 0.1) is 11.1 Å². The molecule has 1 aliphatic rings. The Morgan fingerprint density at radius 1 is 1.46 bits per heavy atom. The molecule has 9 heteroatoms. The molecule has 8 nitrogen and oxygen atoms in total. The van der Waals surface area contributed by atoms with Crippen LogP contribution in [0.5, 0.6) is 5.75 Å². The molecule has 1 aromatic carbocycles. The molecule has 24 heavy (non-hydrogen) atoms. The highest BCUT2D eigenvalue weighted by Gasteiger charge is 2.50. The molecular formula is C15H20N4O4S. The molecule has 0 atom stereocenters. The number of rotatable bonds is 8. The van der Waals surface area contributed by atoms with Gasteiger partial charge in [0.1, 0.15) is 24.0 Å². The van der Waals surface area contributed by atoms with Crippen LogP contribution in [0.15, 0.2) is 18.2 Å². The molecule has 0 radical (unpaired) electrons. The summed E-state index contributed by atoms with van der Waals surface area (Å²) in [5.74, 6) is 0.155. The van der Waals surface area contributed by atoms with Crippen molar-refractivity contribution in [2.24, 2.45) is 10.6 Å². The smallest absolute Gasteiger partial charge is 0.296 e. The summed E-state index contributed by atoms with van der Waals surface area (Å²) in [4.78, 5) is 12.2. The van der Waals surface area contributed by atoms with Crippen LogP contribution < -0.4 is 19.9 Å². The molecule has 0 aromatic heterocycles. The lowest BCUT2D eigenvalue weighted by Crippen LogP contribution is -2.36. The van der Waals surface area contributed by atoms with E-state index in [1.165, 1.54) is 6.07 Å². The van der Waals surface area contributed by atoms with Crippen molar-refractivity contribution in [2.75, 3.05) is 17.9 Å². The number of nitrogens with two attached hydrogens (primary N) is 1. The van der Waals surface area contributed by atoms with Crippen molar-refractivity contribution in [3.05, 3.63) is 23.8 Å². The summed E-state index contributed by atoms with van der Waals surface area (Å²) in [6.07, 6.45) is 2.29. The minimum atomic E-state index is -4.00. The van der Waals surface area contributed by atoms with Crippen LogP contribution in [-0.4, -0.2) is 27.5 Å². The Kier molecular flexibility index (Phi) is 5.31. The lowest BCUT2D eigenvalue weighted by atomic mass is 10.1. The van der Waals surface area contributed by atoms with Crippen LogP contribution in [0, 0.1) is 16.7 Å². The zero-order valence-electron chi connectivity index (χ0n) is 13.3. The van der Waals surface area contributed by atoms with Crippen LogP contribution in [0.25, 0.3) is 0 Å². The Morgan fingerprint density at radius 3 is 2.71 bits per heavy atom. The summed E-state index contributed by atoms with van der Waals surface area (Å²) in [6.45, 7) is 2.72. The van der Waals surface area contributed by atoms with E-state index in [9.17, 15) is 18.5 Å². The number of nitrogens with one attached hydrogen (secondary N) is 2. The van der Waals surface area contributed by atoms with Gasteiger partial charge in [-0.15, -0.1) is 0 Å². The van der Waals surface area contributed by atoms with E-state index in [0.717, 1.165) is 19.3 Å². The van der Waals surface area contributed by atoms with Gasteiger partial charge in [-0.1, -0.05) is 13.0 Å². The molecule has 1 aromatic rings. The van der Waals surface area contributed by atoms with E-state index < -0.39 is 15.6 Å². The summed E-state index contributed by atoms with van der Waals surface area (Å²) in [7, 11) is -4.00. The zero-order valence-corrected chi connectivity index (χ0v) is 14.1. The molecule has 1 fully saturated rings. The van der Waals surface area contributed by atoms with Crippen LogP contribution in [-0.2, 0) is 15.0 Å². The molecule has 130 valence electrons. The Labute approximate surface area is 141 Å². The Bertz CT molecular complexity index is 766. The van der Waals surface area contributed by atoms with Gasteiger partial charge in [0.2, 0.25) is 5.91 Å². The number of anilines is 1.